The monoisotopic (exact) mass is 923 g/mol. The molecule has 13 N–H and O–H groups in total. The highest BCUT2D eigenvalue weighted by Gasteiger charge is 2.35. The molecule has 0 heterocycles. The fourth-order valence-corrected chi connectivity index (χ4v) is 6.06. The Morgan fingerprint density at radius 2 is 1.12 bits per heavy atom. The van der Waals surface area contributed by atoms with Crippen LogP contribution in [0.2, 0.25) is 0 Å². The number of carbonyl (C=O) groups excluding carboxylic acids is 5. The number of carbonyl (C=O) groups is 9. The maximum atomic E-state index is 13.9. The first kappa shape index (κ1) is 53.1. The Morgan fingerprint density at radius 3 is 1.59 bits per heavy atom. The number of benzene rings is 2. The minimum Gasteiger partial charge on any atom is -0.504 e. The smallest absolute Gasteiger partial charge is 0.504 e. The van der Waals surface area contributed by atoms with Crippen LogP contribution in [0.1, 0.15) is 69.9 Å². The van der Waals surface area contributed by atoms with Crippen molar-refractivity contribution in [2.24, 2.45) is 5.92 Å². The first-order chi connectivity index (χ1) is 29.9. The Balaban J connectivity index is 2.46. The summed E-state index contributed by atoms with van der Waals surface area (Å²) >= 11 is 0. The van der Waals surface area contributed by atoms with Crippen molar-refractivity contribution in [3.63, 3.8) is 0 Å². The Labute approximate surface area is 364 Å². The lowest BCUT2D eigenvalue weighted by Gasteiger charge is -2.28. The number of phenols is 2. The Bertz CT molecular complexity index is 2110. The van der Waals surface area contributed by atoms with Gasteiger partial charge in [0.1, 0.15) is 36.0 Å². The predicted octanol–water partition coefficient (Wildman–Crippen LogP) is -0.0257. The number of aromatic hydroxyl groups is 2. The standard InChI is InChI=1S/C39H50N5O19P/c1-3-20(2)34(38(57)43-26(39(58)59)12-17-33(52)53)44-36(55)25(11-16-32(50)51)41-35(54)24(10-15-31(48)49)42-37(56)27(18-21-4-8-23(9-5-21)63-64(60,61)62)40-30(47)14-7-22-6-13-28(45)29(46)19-22/h4-9,13-14,19-20,24-27,34,45-46H,3,10-12,15-18H2,1-2H3,(H,40,47)(H,41,54)(H,42,56)(H,43,57)(H,44,55)(H,48,49)(H,50,51)(H,52,53)(H,58,59)(H2,60,61,62). The van der Waals surface area contributed by atoms with Gasteiger partial charge in [-0.25, -0.2) is 9.36 Å². The number of phenolic OH excluding ortho intramolecular Hbond substituents is 2. The second-order valence-corrected chi connectivity index (χ2v) is 15.4. The molecule has 2 rings (SSSR count). The van der Waals surface area contributed by atoms with Gasteiger partial charge in [-0.05, 0) is 66.6 Å². The lowest BCUT2D eigenvalue weighted by atomic mass is 9.96. The highest BCUT2D eigenvalue weighted by atomic mass is 31.2. The minimum absolute atomic E-state index is 0.222. The van der Waals surface area contributed by atoms with Crippen molar-refractivity contribution in [3.8, 4) is 17.2 Å². The van der Waals surface area contributed by atoms with Crippen LogP contribution in [-0.2, 0) is 54.1 Å². The van der Waals surface area contributed by atoms with Gasteiger partial charge in [-0.1, -0.05) is 38.5 Å². The predicted molar refractivity (Wildman–Crippen MR) is 219 cm³/mol. The number of carboxylic acids is 4. The molecule has 24 nitrogen and oxygen atoms in total. The molecule has 25 heteroatoms. The number of amides is 5. The topological polar surface area (TPSA) is 402 Å². The van der Waals surface area contributed by atoms with E-state index in [-0.39, 0.29) is 29.7 Å². The highest BCUT2D eigenvalue weighted by Crippen LogP contribution is 2.37. The molecule has 64 heavy (non-hydrogen) atoms. The van der Waals surface area contributed by atoms with Gasteiger partial charge in [-0.3, -0.25) is 48.1 Å². The van der Waals surface area contributed by atoms with Crippen molar-refractivity contribution in [2.75, 3.05) is 0 Å². The Morgan fingerprint density at radius 1 is 0.641 bits per heavy atom. The number of phosphoric ester groups is 1. The second-order valence-electron chi connectivity index (χ2n) is 14.3. The molecule has 5 amide bonds. The number of phosphoric acid groups is 1. The van der Waals surface area contributed by atoms with Gasteiger partial charge >= 0.3 is 31.7 Å². The number of hydrogen-bond acceptors (Lipinski definition) is 13. The SMILES string of the molecule is CCC(C)C(NC(=O)C(CCC(=O)O)NC(=O)C(CCC(=O)O)NC(=O)C(Cc1ccc(OP(=O)(O)O)cc1)NC(=O)C=Cc1ccc(O)c(O)c1)C(=O)NC(CCC(=O)O)C(=O)O. The van der Waals surface area contributed by atoms with E-state index in [4.69, 9.17) is 14.9 Å². The molecule has 0 spiro atoms. The van der Waals surface area contributed by atoms with E-state index in [2.05, 4.69) is 31.1 Å². The van der Waals surface area contributed by atoms with Gasteiger partial charge in [0.2, 0.25) is 29.5 Å². The first-order valence-corrected chi connectivity index (χ1v) is 20.9. The van der Waals surface area contributed by atoms with E-state index < -0.39 is 147 Å². The zero-order valence-corrected chi connectivity index (χ0v) is 35.2. The molecule has 0 aliphatic heterocycles. The molecule has 0 saturated heterocycles. The van der Waals surface area contributed by atoms with Gasteiger partial charge < -0.3 is 61.7 Å². The molecule has 0 aliphatic rings. The normalized spacial score (nSPS) is 14.1. The molecule has 6 atom stereocenters. The maximum absolute atomic E-state index is 13.9. The first-order valence-electron chi connectivity index (χ1n) is 19.3. The molecule has 0 saturated carbocycles. The molecule has 2 aromatic carbocycles. The van der Waals surface area contributed by atoms with E-state index in [9.17, 15) is 73.2 Å². The van der Waals surface area contributed by atoms with Crippen molar-refractivity contribution >= 4 is 67.3 Å². The third-order valence-corrected chi connectivity index (χ3v) is 9.71. The van der Waals surface area contributed by atoms with Crippen molar-refractivity contribution in [1.82, 2.24) is 26.6 Å². The number of carboxylic acid groups (broad SMARTS) is 4. The van der Waals surface area contributed by atoms with Crippen LogP contribution in [0.15, 0.2) is 48.5 Å². The third kappa shape index (κ3) is 19.3. The van der Waals surface area contributed by atoms with Crippen molar-refractivity contribution in [3.05, 3.63) is 59.7 Å². The third-order valence-electron chi connectivity index (χ3n) is 9.26. The van der Waals surface area contributed by atoms with Crippen LogP contribution in [0.25, 0.3) is 6.08 Å². The molecule has 0 aliphatic carbocycles. The molecule has 350 valence electrons. The molecule has 0 bridgehead atoms. The Kier molecular flexibility index (Phi) is 20.9. The van der Waals surface area contributed by atoms with Crippen molar-refractivity contribution in [2.45, 2.75) is 95.4 Å². The molecule has 6 unspecified atom stereocenters. The molecule has 0 radical (unpaired) electrons. The summed E-state index contributed by atoms with van der Waals surface area (Å²) in [6, 6.07) is 0.199. The average Bonchev–Trinajstić information content (AvgIpc) is 3.20. The average molecular weight is 924 g/mol. The lowest BCUT2D eigenvalue weighted by Crippen LogP contribution is -2.60. The van der Waals surface area contributed by atoms with E-state index in [1.165, 1.54) is 31.2 Å². The number of hydrogen-bond donors (Lipinski definition) is 13. The minimum atomic E-state index is -4.95. The summed E-state index contributed by atoms with van der Waals surface area (Å²) in [4.78, 5) is 132. The van der Waals surface area contributed by atoms with Gasteiger partial charge in [-0.2, -0.15) is 0 Å². The van der Waals surface area contributed by atoms with Gasteiger partial charge in [-0.15, -0.1) is 0 Å². The number of aliphatic carboxylic acids is 4. The van der Waals surface area contributed by atoms with Crippen LogP contribution in [-0.4, -0.2) is 124 Å². The second kappa shape index (κ2) is 25.2. The summed E-state index contributed by atoms with van der Waals surface area (Å²) in [5, 5.41) is 68.3. The number of rotatable bonds is 27. The molecule has 0 fully saturated rings. The molecular weight excluding hydrogens is 873 g/mol. The summed E-state index contributed by atoms with van der Waals surface area (Å²) in [6.45, 7) is 3.13. The van der Waals surface area contributed by atoms with Crippen LogP contribution in [0.4, 0.5) is 0 Å². The van der Waals surface area contributed by atoms with E-state index >= 15 is 0 Å². The molecular formula is C39H50N5O19P. The zero-order valence-electron chi connectivity index (χ0n) is 34.3. The fourth-order valence-electron chi connectivity index (χ4n) is 5.66. The highest BCUT2D eigenvalue weighted by molar-refractivity contribution is 7.46. The van der Waals surface area contributed by atoms with Gasteiger partial charge in [0.25, 0.3) is 0 Å². The molecule has 2 aromatic rings. The largest absolute Gasteiger partial charge is 0.524 e. The van der Waals surface area contributed by atoms with Gasteiger partial charge in [0, 0.05) is 31.8 Å². The molecule has 0 aromatic heterocycles. The van der Waals surface area contributed by atoms with Gasteiger partial charge in [0.05, 0.1) is 0 Å². The zero-order chi connectivity index (χ0) is 48.3. The van der Waals surface area contributed by atoms with Crippen LogP contribution in [0, 0.1) is 5.92 Å². The lowest BCUT2D eigenvalue weighted by molar-refractivity contribution is -0.144. The van der Waals surface area contributed by atoms with E-state index in [1.807, 2.05) is 0 Å². The van der Waals surface area contributed by atoms with Gasteiger partial charge in [0.15, 0.2) is 11.5 Å². The summed E-state index contributed by atoms with van der Waals surface area (Å²) in [7, 11) is -4.95. The summed E-state index contributed by atoms with van der Waals surface area (Å²) in [5.41, 5.74) is 0.509. The maximum Gasteiger partial charge on any atom is 0.524 e. The van der Waals surface area contributed by atoms with Crippen molar-refractivity contribution in [1.29, 1.82) is 0 Å². The fraction of sp³-hybridized carbons (Fsp3) is 0.410. The van der Waals surface area contributed by atoms with Crippen LogP contribution < -0.4 is 31.1 Å². The van der Waals surface area contributed by atoms with Crippen LogP contribution in [0.5, 0.6) is 17.2 Å². The van der Waals surface area contributed by atoms with Crippen LogP contribution >= 0.6 is 7.82 Å². The summed E-state index contributed by atoms with van der Waals surface area (Å²) in [6.07, 6.45) is -1.81. The summed E-state index contributed by atoms with van der Waals surface area (Å²) in [5.74, 6) is -13.1. The van der Waals surface area contributed by atoms with E-state index in [0.29, 0.717) is 0 Å². The van der Waals surface area contributed by atoms with E-state index in [1.54, 1.807) is 6.92 Å². The summed E-state index contributed by atoms with van der Waals surface area (Å²) < 4.78 is 15.8. The van der Waals surface area contributed by atoms with Crippen molar-refractivity contribution < 1.29 is 92.7 Å². The Hall–Kier alpha value is -7.04. The number of nitrogens with one attached hydrogen (secondary N) is 5. The van der Waals surface area contributed by atoms with E-state index in [0.717, 1.165) is 30.3 Å². The quantitative estimate of drug-likeness (QED) is 0.0318. The van der Waals surface area contributed by atoms with Crippen LogP contribution in [0.3, 0.4) is 0 Å².